The number of ether oxygens (including phenoxy) is 3. The van der Waals surface area contributed by atoms with Gasteiger partial charge in [0.1, 0.15) is 42.4 Å². The van der Waals surface area contributed by atoms with E-state index < -0.39 is 0 Å². The molecule has 12 heteroatoms. The molecule has 6 rings (SSSR count). The summed E-state index contributed by atoms with van der Waals surface area (Å²) in [5, 5.41) is 21.5. The van der Waals surface area contributed by atoms with Gasteiger partial charge in [-0.3, -0.25) is 10.4 Å². The summed E-state index contributed by atoms with van der Waals surface area (Å²) < 4.78 is 19.0. The summed E-state index contributed by atoms with van der Waals surface area (Å²) >= 11 is 13.8. The zero-order valence-corrected chi connectivity index (χ0v) is 32.5. The fraction of sp³-hybridized carbons (Fsp3) is 0.279. The highest BCUT2D eigenvalue weighted by atomic mass is 35.5. The van der Waals surface area contributed by atoms with Crippen molar-refractivity contribution in [3.05, 3.63) is 134 Å². The normalized spacial score (nSPS) is 14.3. The average Bonchev–Trinajstić information content (AvgIpc) is 3.17. The van der Waals surface area contributed by atoms with Gasteiger partial charge in [-0.2, -0.15) is 5.26 Å². The lowest BCUT2D eigenvalue weighted by Gasteiger charge is -2.29. The van der Waals surface area contributed by atoms with Gasteiger partial charge in [0, 0.05) is 72.0 Å². The minimum atomic E-state index is -0.0766. The standard InChI is InChI=1S/C43H45Cl2N7O3/c1-27-32(7-3-8-34(27)35-9-4-10-39(42(35)45)53-24-29-6-5-13-52(2)23-29)26-55-41-17-40(54-25-31-14-30(18-46)20-50-21-31)33(16-37(41)44)22-51-19-28-11-12-36(43(48)49)38(47)15-28/h3-4,7-12,14-17,20-21,29,51H,5-6,13,19,22-26,47H2,1-2H3,(H3,48,49). The molecule has 1 aromatic heterocycles. The van der Waals surface area contributed by atoms with Crippen LogP contribution >= 0.6 is 23.2 Å². The molecule has 5 aromatic rings. The van der Waals surface area contributed by atoms with Crippen molar-refractivity contribution >= 4 is 34.7 Å². The molecule has 0 bridgehead atoms. The highest BCUT2D eigenvalue weighted by Gasteiger charge is 2.20. The molecule has 1 aliphatic heterocycles. The molecule has 284 valence electrons. The Hall–Kier alpha value is -5.31. The molecule has 0 amide bonds. The summed E-state index contributed by atoms with van der Waals surface area (Å²) in [5.74, 6) is 2.12. The van der Waals surface area contributed by atoms with Crippen LogP contribution in [0.1, 0.15) is 51.8 Å². The van der Waals surface area contributed by atoms with Crippen molar-refractivity contribution in [2.45, 2.75) is 46.1 Å². The van der Waals surface area contributed by atoms with Gasteiger partial charge in [0.05, 0.1) is 22.2 Å². The van der Waals surface area contributed by atoms with E-state index in [1.54, 1.807) is 30.5 Å². The largest absolute Gasteiger partial charge is 0.492 e. The predicted octanol–water partition coefficient (Wildman–Crippen LogP) is 8.27. The molecule has 0 saturated carbocycles. The van der Waals surface area contributed by atoms with Gasteiger partial charge in [0.15, 0.2) is 0 Å². The number of rotatable bonds is 15. The first-order valence-electron chi connectivity index (χ1n) is 18.1. The van der Waals surface area contributed by atoms with Gasteiger partial charge in [-0.05, 0) is 85.9 Å². The molecule has 1 unspecified atom stereocenters. The quantitative estimate of drug-likeness (QED) is 0.0467. The summed E-state index contributed by atoms with van der Waals surface area (Å²) in [7, 11) is 2.16. The lowest BCUT2D eigenvalue weighted by Crippen LogP contribution is -2.34. The lowest BCUT2D eigenvalue weighted by atomic mass is 9.96. The zero-order valence-electron chi connectivity index (χ0n) is 31.0. The molecule has 0 radical (unpaired) electrons. The van der Waals surface area contributed by atoms with E-state index in [2.05, 4.69) is 41.3 Å². The van der Waals surface area contributed by atoms with E-state index in [-0.39, 0.29) is 19.0 Å². The van der Waals surface area contributed by atoms with Crippen molar-refractivity contribution in [2.75, 3.05) is 32.5 Å². The first kappa shape index (κ1) is 39.4. The smallest absolute Gasteiger partial charge is 0.142 e. The second-order valence-corrected chi connectivity index (χ2v) is 14.7. The molecule has 1 aliphatic rings. The summed E-state index contributed by atoms with van der Waals surface area (Å²) in [6.45, 7) is 6.21. The lowest BCUT2D eigenvalue weighted by molar-refractivity contribution is 0.150. The Morgan fingerprint density at radius 3 is 2.51 bits per heavy atom. The van der Waals surface area contributed by atoms with Crippen LogP contribution in [0.5, 0.6) is 17.2 Å². The van der Waals surface area contributed by atoms with Crippen molar-refractivity contribution in [1.29, 1.82) is 10.7 Å². The van der Waals surface area contributed by atoms with Crippen molar-refractivity contribution in [1.82, 2.24) is 15.2 Å². The van der Waals surface area contributed by atoms with E-state index in [1.807, 2.05) is 42.5 Å². The Balaban J connectivity index is 1.18. The molecule has 55 heavy (non-hydrogen) atoms. The minimum absolute atomic E-state index is 0.0766. The Morgan fingerprint density at radius 2 is 1.73 bits per heavy atom. The number of likely N-dealkylation sites (tertiary alicyclic amines) is 1. The van der Waals surface area contributed by atoms with E-state index in [0.29, 0.717) is 69.7 Å². The number of nitriles is 1. The molecule has 1 saturated heterocycles. The molecule has 4 aromatic carbocycles. The van der Waals surface area contributed by atoms with Crippen molar-refractivity contribution in [3.63, 3.8) is 0 Å². The summed E-state index contributed by atoms with van der Waals surface area (Å²) in [6, 6.07) is 24.9. The number of nitrogen functional groups attached to an aromatic ring is 2. The van der Waals surface area contributed by atoms with Crippen LogP contribution in [-0.2, 0) is 26.3 Å². The first-order chi connectivity index (χ1) is 26.6. The SMILES string of the molecule is Cc1c(COc2cc(OCc3cncc(C#N)c3)c(CNCc3ccc(C(=N)N)c(N)c3)cc2Cl)cccc1-c1cccc(OCC2CCCN(C)C2)c1Cl. The molecule has 0 spiro atoms. The number of hydrogen-bond donors (Lipinski definition) is 4. The van der Waals surface area contributed by atoms with Gasteiger partial charge in [-0.1, -0.05) is 59.6 Å². The number of benzene rings is 4. The maximum Gasteiger partial charge on any atom is 0.142 e. The van der Waals surface area contributed by atoms with Gasteiger partial charge in [-0.25, -0.2) is 0 Å². The molecule has 1 fully saturated rings. The second kappa shape index (κ2) is 18.3. The van der Waals surface area contributed by atoms with E-state index in [0.717, 1.165) is 58.5 Å². The number of piperidine rings is 1. The van der Waals surface area contributed by atoms with Crippen LogP contribution in [0.25, 0.3) is 11.1 Å². The average molecular weight is 779 g/mol. The van der Waals surface area contributed by atoms with E-state index in [1.165, 1.54) is 12.6 Å². The van der Waals surface area contributed by atoms with Crippen LogP contribution in [0.2, 0.25) is 10.0 Å². The number of amidine groups is 1. The topological polar surface area (TPSA) is 156 Å². The molecule has 2 heterocycles. The number of halogens is 2. The number of nitrogens with zero attached hydrogens (tertiary/aromatic N) is 3. The zero-order chi connectivity index (χ0) is 38.9. The maximum atomic E-state index is 9.35. The maximum absolute atomic E-state index is 9.35. The molecule has 6 N–H and O–H groups in total. The van der Waals surface area contributed by atoms with Gasteiger partial charge < -0.3 is 35.9 Å². The second-order valence-electron chi connectivity index (χ2n) is 13.9. The molecule has 1 atom stereocenters. The van der Waals surface area contributed by atoms with Crippen molar-refractivity contribution < 1.29 is 14.2 Å². The van der Waals surface area contributed by atoms with Crippen LogP contribution in [0.3, 0.4) is 0 Å². The highest BCUT2D eigenvalue weighted by molar-refractivity contribution is 6.35. The van der Waals surface area contributed by atoms with Crippen molar-refractivity contribution in [3.8, 4) is 34.4 Å². The highest BCUT2D eigenvalue weighted by Crippen LogP contribution is 2.39. The molecule has 10 nitrogen and oxygen atoms in total. The predicted molar refractivity (Wildman–Crippen MR) is 219 cm³/mol. The van der Waals surface area contributed by atoms with Gasteiger partial charge in [0.2, 0.25) is 0 Å². The molecular weight excluding hydrogens is 733 g/mol. The fourth-order valence-corrected chi connectivity index (χ4v) is 7.31. The third-order valence-electron chi connectivity index (χ3n) is 9.76. The summed E-state index contributed by atoms with van der Waals surface area (Å²) in [4.78, 5) is 6.51. The third kappa shape index (κ3) is 10.1. The number of pyridine rings is 1. The molecular formula is C43H45Cl2N7O3. The Kier molecular flexibility index (Phi) is 13.1. The van der Waals surface area contributed by atoms with Crippen molar-refractivity contribution in [2.24, 2.45) is 11.7 Å². The Morgan fingerprint density at radius 1 is 0.927 bits per heavy atom. The first-order valence-corrected chi connectivity index (χ1v) is 18.9. The van der Waals surface area contributed by atoms with Crippen LogP contribution in [0.4, 0.5) is 5.69 Å². The number of nitrogens with two attached hydrogens (primary N) is 2. The van der Waals surface area contributed by atoms with Crippen LogP contribution in [0, 0.1) is 29.6 Å². The van der Waals surface area contributed by atoms with E-state index >= 15 is 0 Å². The Labute approximate surface area is 332 Å². The van der Waals surface area contributed by atoms with Crippen LogP contribution < -0.4 is 31.0 Å². The van der Waals surface area contributed by atoms with Crippen LogP contribution in [-0.4, -0.2) is 42.5 Å². The van der Waals surface area contributed by atoms with Gasteiger partial charge in [-0.15, -0.1) is 0 Å². The number of nitrogens with one attached hydrogen (secondary N) is 2. The van der Waals surface area contributed by atoms with E-state index in [4.69, 9.17) is 54.3 Å². The Bertz CT molecular complexity index is 2210. The summed E-state index contributed by atoms with van der Waals surface area (Å²) in [5.41, 5.74) is 19.5. The third-order valence-corrected chi connectivity index (χ3v) is 10.4. The molecule has 0 aliphatic carbocycles. The number of hydrogen-bond acceptors (Lipinski definition) is 9. The van der Waals surface area contributed by atoms with Gasteiger partial charge >= 0.3 is 0 Å². The number of anilines is 1. The van der Waals surface area contributed by atoms with Gasteiger partial charge in [0.25, 0.3) is 0 Å². The summed E-state index contributed by atoms with van der Waals surface area (Å²) in [6.07, 6.45) is 5.51. The minimum Gasteiger partial charge on any atom is -0.492 e. The van der Waals surface area contributed by atoms with Crippen LogP contribution in [0.15, 0.2) is 85.2 Å². The van der Waals surface area contributed by atoms with E-state index in [9.17, 15) is 5.26 Å². The fourth-order valence-electron chi connectivity index (χ4n) is 6.79. The monoisotopic (exact) mass is 777 g/mol. The number of aromatic nitrogens is 1.